The number of anilines is 1. The first-order valence-corrected chi connectivity index (χ1v) is 7.58. The molecule has 5 nitrogen and oxygen atoms in total. The highest BCUT2D eigenvalue weighted by atomic mass is 16.5. The molecule has 0 spiro atoms. The standard InChI is InChI=1S/C15H26N4O/c1-4-20-14-11-12(2)17-15(18-14)16-8-5-13-6-9-19(3)10-7-13/h11,13H,4-10H2,1-3H3,(H,16,17,18). The summed E-state index contributed by atoms with van der Waals surface area (Å²) in [6.07, 6.45) is 3.79. The number of nitrogens with zero attached hydrogens (tertiary/aromatic N) is 3. The Hall–Kier alpha value is -1.36. The molecule has 1 aromatic heterocycles. The second kappa shape index (κ2) is 7.43. The number of hydrogen-bond acceptors (Lipinski definition) is 5. The molecule has 20 heavy (non-hydrogen) atoms. The predicted octanol–water partition coefficient (Wildman–Crippen LogP) is 2.33. The molecule has 5 heteroatoms. The molecule has 1 N–H and O–H groups in total. The molecule has 1 aliphatic heterocycles. The second-order valence-electron chi connectivity index (χ2n) is 5.57. The number of aromatic nitrogens is 2. The fourth-order valence-corrected chi connectivity index (χ4v) is 2.58. The van der Waals surface area contributed by atoms with E-state index >= 15 is 0 Å². The molecule has 0 radical (unpaired) electrons. The number of piperidine rings is 1. The van der Waals surface area contributed by atoms with Crippen LogP contribution in [0.1, 0.15) is 31.9 Å². The SMILES string of the molecule is CCOc1cc(C)nc(NCCC2CCN(C)CC2)n1. The Balaban J connectivity index is 1.78. The van der Waals surface area contributed by atoms with Crippen molar-refractivity contribution in [1.82, 2.24) is 14.9 Å². The molecule has 0 bridgehead atoms. The van der Waals surface area contributed by atoms with Gasteiger partial charge in [-0.3, -0.25) is 0 Å². The Morgan fingerprint density at radius 3 is 2.80 bits per heavy atom. The van der Waals surface area contributed by atoms with Crippen LogP contribution in [0.4, 0.5) is 5.95 Å². The molecule has 0 atom stereocenters. The number of likely N-dealkylation sites (tertiary alicyclic amines) is 1. The van der Waals surface area contributed by atoms with Gasteiger partial charge in [0.05, 0.1) is 6.61 Å². The first-order chi connectivity index (χ1) is 9.67. The van der Waals surface area contributed by atoms with E-state index in [-0.39, 0.29) is 0 Å². The fourth-order valence-electron chi connectivity index (χ4n) is 2.58. The summed E-state index contributed by atoms with van der Waals surface area (Å²) in [4.78, 5) is 11.2. The van der Waals surface area contributed by atoms with Crippen LogP contribution >= 0.6 is 0 Å². The molecule has 1 fully saturated rings. The minimum atomic E-state index is 0.630. The summed E-state index contributed by atoms with van der Waals surface area (Å²) in [5.41, 5.74) is 0.935. The first kappa shape index (κ1) is 15.0. The van der Waals surface area contributed by atoms with E-state index in [9.17, 15) is 0 Å². The largest absolute Gasteiger partial charge is 0.478 e. The molecule has 1 aliphatic rings. The van der Waals surface area contributed by atoms with Crippen molar-refractivity contribution in [2.24, 2.45) is 5.92 Å². The monoisotopic (exact) mass is 278 g/mol. The van der Waals surface area contributed by atoms with Crippen molar-refractivity contribution in [1.29, 1.82) is 0 Å². The van der Waals surface area contributed by atoms with Crippen molar-refractivity contribution in [3.05, 3.63) is 11.8 Å². The van der Waals surface area contributed by atoms with Crippen LogP contribution in [0.5, 0.6) is 5.88 Å². The molecule has 112 valence electrons. The molecular formula is C15H26N4O. The number of ether oxygens (including phenoxy) is 1. The van der Waals surface area contributed by atoms with Gasteiger partial charge in [0.2, 0.25) is 11.8 Å². The lowest BCUT2D eigenvalue weighted by molar-refractivity contribution is 0.215. The van der Waals surface area contributed by atoms with Crippen molar-refractivity contribution < 1.29 is 4.74 Å². The second-order valence-corrected chi connectivity index (χ2v) is 5.57. The van der Waals surface area contributed by atoms with Crippen LogP contribution < -0.4 is 10.1 Å². The Kier molecular flexibility index (Phi) is 5.59. The molecular weight excluding hydrogens is 252 g/mol. The highest BCUT2D eigenvalue weighted by Crippen LogP contribution is 2.19. The van der Waals surface area contributed by atoms with Crippen molar-refractivity contribution in [3.63, 3.8) is 0 Å². The average molecular weight is 278 g/mol. The van der Waals surface area contributed by atoms with E-state index in [1.807, 2.05) is 19.9 Å². The van der Waals surface area contributed by atoms with Gasteiger partial charge in [0.25, 0.3) is 0 Å². The number of hydrogen-bond donors (Lipinski definition) is 1. The molecule has 1 aromatic rings. The van der Waals surface area contributed by atoms with Crippen molar-refractivity contribution >= 4 is 5.95 Å². The van der Waals surface area contributed by atoms with Gasteiger partial charge >= 0.3 is 0 Å². The normalized spacial score (nSPS) is 17.1. The zero-order chi connectivity index (χ0) is 14.4. The zero-order valence-corrected chi connectivity index (χ0v) is 12.9. The Bertz CT molecular complexity index is 416. The fraction of sp³-hybridized carbons (Fsp3) is 0.733. The van der Waals surface area contributed by atoms with Crippen LogP contribution in [0.3, 0.4) is 0 Å². The third-order valence-electron chi connectivity index (χ3n) is 3.80. The lowest BCUT2D eigenvalue weighted by atomic mass is 9.94. The summed E-state index contributed by atoms with van der Waals surface area (Å²) in [7, 11) is 2.20. The van der Waals surface area contributed by atoms with Crippen molar-refractivity contribution in [2.75, 3.05) is 38.6 Å². The molecule has 2 rings (SSSR count). The summed E-state index contributed by atoms with van der Waals surface area (Å²) in [6.45, 7) is 7.94. The zero-order valence-electron chi connectivity index (χ0n) is 12.9. The van der Waals surface area contributed by atoms with Crippen LogP contribution in [0, 0.1) is 12.8 Å². The molecule has 0 amide bonds. The summed E-state index contributed by atoms with van der Waals surface area (Å²) in [6, 6.07) is 1.87. The van der Waals surface area contributed by atoms with Gasteiger partial charge in [-0.05, 0) is 59.2 Å². The van der Waals surface area contributed by atoms with Gasteiger partial charge in [-0.2, -0.15) is 4.98 Å². The van der Waals surface area contributed by atoms with Crippen LogP contribution in [0.25, 0.3) is 0 Å². The molecule has 1 saturated heterocycles. The van der Waals surface area contributed by atoms with Gasteiger partial charge in [0.15, 0.2) is 0 Å². The Morgan fingerprint density at radius 2 is 2.10 bits per heavy atom. The third kappa shape index (κ3) is 4.63. The number of rotatable bonds is 6. The highest BCUT2D eigenvalue weighted by molar-refractivity contribution is 5.30. The van der Waals surface area contributed by atoms with Gasteiger partial charge in [-0.1, -0.05) is 0 Å². The number of aryl methyl sites for hydroxylation is 1. The Morgan fingerprint density at radius 1 is 1.35 bits per heavy atom. The maximum Gasteiger partial charge on any atom is 0.226 e. The van der Waals surface area contributed by atoms with E-state index in [0.717, 1.165) is 18.2 Å². The maximum atomic E-state index is 5.44. The minimum Gasteiger partial charge on any atom is -0.478 e. The van der Waals surface area contributed by atoms with Crippen LogP contribution in [0.2, 0.25) is 0 Å². The lowest BCUT2D eigenvalue weighted by Crippen LogP contribution is -2.30. The van der Waals surface area contributed by atoms with Gasteiger partial charge in [0, 0.05) is 18.3 Å². The van der Waals surface area contributed by atoms with Crippen molar-refractivity contribution in [2.45, 2.75) is 33.1 Å². The molecule has 0 saturated carbocycles. The van der Waals surface area contributed by atoms with Gasteiger partial charge in [-0.15, -0.1) is 0 Å². The summed E-state index contributed by atoms with van der Waals surface area (Å²) in [5.74, 6) is 2.16. The Labute approximate surface area is 121 Å². The summed E-state index contributed by atoms with van der Waals surface area (Å²) >= 11 is 0. The molecule has 0 aromatic carbocycles. The van der Waals surface area contributed by atoms with E-state index in [0.29, 0.717) is 18.4 Å². The number of nitrogens with one attached hydrogen (secondary N) is 1. The third-order valence-corrected chi connectivity index (χ3v) is 3.80. The minimum absolute atomic E-state index is 0.630. The maximum absolute atomic E-state index is 5.44. The molecule has 2 heterocycles. The van der Waals surface area contributed by atoms with Gasteiger partial charge in [-0.25, -0.2) is 4.98 Å². The van der Waals surface area contributed by atoms with Crippen LogP contribution in [-0.4, -0.2) is 48.2 Å². The quantitative estimate of drug-likeness (QED) is 0.865. The van der Waals surface area contributed by atoms with E-state index in [1.165, 1.54) is 32.4 Å². The lowest BCUT2D eigenvalue weighted by Gasteiger charge is -2.28. The predicted molar refractivity (Wildman–Crippen MR) is 81.3 cm³/mol. The molecule has 0 unspecified atom stereocenters. The average Bonchev–Trinajstić information content (AvgIpc) is 2.41. The van der Waals surface area contributed by atoms with E-state index in [4.69, 9.17) is 4.74 Å². The van der Waals surface area contributed by atoms with Crippen LogP contribution in [-0.2, 0) is 0 Å². The van der Waals surface area contributed by atoms with E-state index < -0.39 is 0 Å². The summed E-state index contributed by atoms with van der Waals surface area (Å²) < 4.78 is 5.44. The summed E-state index contributed by atoms with van der Waals surface area (Å²) in [5, 5.41) is 3.33. The van der Waals surface area contributed by atoms with Crippen LogP contribution in [0.15, 0.2) is 6.07 Å². The van der Waals surface area contributed by atoms with Gasteiger partial charge in [0.1, 0.15) is 0 Å². The molecule has 0 aliphatic carbocycles. The smallest absolute Gasteiger partial charge is 0.226 e. The van der Waals surface area contributed by atoms with Gasteiger partial charge < -0.3 is 15.0 Å². The highest BCUT2D eigenvalue weighted by Gasteiger charge is 2.16. The van der Waals surface area contributed by atoms with E-state index in [1.54, 1.807) is 0 Å². The van der Waals surface area contributed by atoms with Crippen molar-refractivity contribution in [3.8, 4) is 5.88 Å². The van der Waals surface area contributed by atoms with E-state index in [2.05, 4.69) is 27.2 Å². The topological polar surface area (TPSA) is 50.3 Å². The first-order valence-electron chi connectivity index (χ1n) is 7.58.